The highest BCUT2D eigenvalue weighted by Crippen LogP contribution is 2.63. The molecule has 0 saturated carbocycles. The first-order valence-corrected chi connectivity index (χ1v) is 24.3. The Morgan fingerprint density at radius 3 is 1.16 bits per heavy atom. The zero-order valence-corrected chi connectivity index (χ0v) is 38.2. The van der Waals surface area contributed by atoms with E-state index in [1.165, 1.54) is 88.2 Å². The molecule has 0 unspecified atom stereocenters. The number of rotatable bonds is 6. The van der Waals surface area contributed by atoms with Crippen LogP contribution >= 0.6 is 0 Å². The molecule has 15 rings (SSSR count). The summed E-state index contributed by atoms with van der Waals surface area (Å²) in [5.41, 5.74) is 22.9. The molecule has 0 radical (unpaired) electrons. The van der Waals surface area contributed by atoms with Crippen LogP contribution in [-0.2, 0) is 5.41 Å². The van der Waals surface area contributed by atoms with Crippen molar-refractivity contribution in [3.8, 4) is 44.8 Å². The number of anilines is 3. The molecule has 0 bridgehead atoms. The van der Waals surface area contributed by atoms with E-state index in [-0.39, 0.29) is 5.41 Å². The minimum absolute atomic E-state index is 0.358. The third-order valence-corrected chi connectivity index (χ3v) is 15.3. The van der Waals surface area contributed by atoms with Crippen LogP contribution in [-0.4, -0.2) is 9.13 Å². The molecule has 0 amide bonds. The summed E-state index contributed by atoms with van der Waals surface area (Å²) in [6.45, 7) is 0. The summed E-state index contributed by atoms with van der Waals surface area (Å²) < 4.78 is 4.82. The van der Waals surface area contributed by atoms with Gasteiger partial charge in [0.05, 0.1) is 27.5 Å². The molecule has 0 N–H and O–H groups in total. The third-order valence-electron chi connectivity index (χ3n) is 15.3. The lowest BCUT2D eigenvalue weighted by Crippen LogP contribution is -2.25. The van der Waals surface area contributed by atoms with Gasteiger partial charge in [-0.15, -0.1) is 0 Å². The Balaban J connectivity index is 0.911. The Kier molecular flexibility index (Phi) is 8.28. The van der Waals surface area contributed by atoms with E-state index < -0.39 is 0 Å². The van der Waals surface area contributed by atoms with Crippen LogP contribution in [0.25, 0.3) is 88.4 Å². The average molecular weight is 890 g/mol. The molecule has 0 saturated heterocycles. The van der Waals surface area contributed by atoms with Gasteiger partial charge in [-0.3, -0.25) is 0 Å². The second kappa shape index (κ2) is 14.9. The van der Waals surface area contributed by atoms with Gasteiger partial charge in [-0.05, 0) is 134 Å². The minimum Gasteiger partial charge on any atom is -0.310 e. The Labute approximate surface area is 406 Å². The minimum atomic E-state index is -0.358. The predicted octanol–water partition coefficient (Wildman–Crippen LogP) is 17.4. The van der Waals surface area contributed by atoms with E-state index >= 15 is 0 Å². The van der Waals surface area contributed by atoms with Crippen molar-refractivity contribution in [2.24, 2.45) is 0 Å². The lowest BCUT2D eigenvalue weighted by molar-refractivity contribution is 0.794. The standard InChI is InChI=1S/C67H43N3/c1-3-17-46(18-4-1)69-63-29-15-10-24-54(63)56-38-36-49(42-65(56)69)68(50-37-39-57-55-25-11-16-30-64(55)70(66(57)43-50)47-19-5-2-6-20-47)48-34-31-44(32-35-48)45-33-40-62-58(41-45)53-23-9-14-28-61(53)67(62)59-26-12-7-21-51(59)52-22-8-13-27-60(52)67/h1-43H. The molecule has 0 fully saturated rings. The lowest BCUT2D eigenvalue weighted by atomic mass is 9.70. The summed E-state index contributed by atoms with van der Waals surface area (Å²) in [4.78, 5) is 2.43. The molecule has 3 nitrogen and oxygen atoms in total. The molecule has 13 aromatic rings. The van der Waals surface area contributed by atoms with Crippen molar-refractivity contribution in [2.45, 2.75) is 5.41 Å². The van der Waals surface area contributed by atoms with Crippen LogP contribution in [0.15, 0.2) is 261 Å². The van der Waals surface area contributed by atoms with E-state index in [1.54, 1.807) is 0 Å². The molecular formula is C67H43N3. The predicted molar refractivity (Wildman–Crippen MR) is 292 cm³/mol. The highest BCUT2D eigenvalue weighted by molar-refractivity contribution is 6.12. The van der Waals surface area contributed by atoms with Crippen molar-refractivity contribution in [1.29, 1.82) is 0 Å². The third kappa shape index (κ3) is 5.40. The van der Waals surface area contributed by atoms with Crippen LogP contribution in [0.2, 0.25) is 0 Å². The largest absolute Gasteiger partial charge is 0.310 e. The van der Waals surface area contributed by atoms with Gasteiger partial charge in [0.1, 0.15) is 0 Å². The lowest BCUT2D eigenvalue weighted by Gasteiger charge is -2.30. The Hall–Kier alpha value is -9.18. The molecule has 2 aromatic heterocycles. The van der Waals surface area contributed by atoms with Gasteiger partial charge in [0.15, 0.2) is 0 Å². The van der Waals surface area contributed by atoms with Crippen LogP contribution in [0, 0.1) is 0 Å². The molecule has 2 aliphatic rings. The summed E-state index contributed by atoms with van der Waals surface area (Å²) in [6.07, 6.45) is 0. The maximum Gasteiger partial charge on any atom is 0.0725 e. The summed E-state index contributed by atoms with van der Waals surface area (Å²) in [6, 6.07) is 96.5. The molecular weight excluding hydrogens is 847 g/mol. The number of para-hydroxylation sites is 4. The molecule has 11 aromatic carbocycles. The number of hydrogen-bond acceptors (Lipinski definition) is 1. The summed E-state index contributed by atoms with van der Waals surface area (Å²) in [7, 11) is 0. The molecule has 0 atom stereocenters. The molecule has 3 heteroatoms. The van der Waals surface area contributed by atoms with Gasteiger partial charge < -0.3 is 14.0 Å². The highest BCUT2D eigenvalue weighted by Gasteiger charge is 2.51. The topological polar surface area (TPSA) is 13.1 Å². The Bertz CT molecular complexity index is 4030. The smallest absolute Gasteiger partial charge is 0.0725 e. The van der Waals surface area contributed by atoms with Crippen LogP contribution in [0.3, 0.4) is 0 Å². The van der Waals surface area contributed by atoms with Crippen LogP contribution in [0.1, 0.15) is 22.3 Å². The highest BCUT2D eigenvalue weighted by atomic mass is 15.1. The SMILES string of the molecule is c1ccc(-n2c3ccccc3c3ccc(N(c4ccc(-c5ccc6c(c5)-c5ccccc5C65c6ccccc6-c6ccccc65)cc4)c4ccc5c6ccccc6n(-c6ccccc6)c5c4)cc32)cc1. The van der Waals surface area contributed by atoms with Gasteiger partial charge in [0.25, 0.3) is 0 Å². The van der Waals surface area contributed by atoms with Gasteiger partial charge in [-0.1, -0.05) is 182 Å². The van der Waals surface area contributed by atoms with Crippen LogP contribution in [0.4, 0.5) is 17.1 Å². The maximum atomic E-state index is 2.44. The summed E-state index contributed by atoms with van der Waals surface area (Å²) in [5, 5.41) is 4.93. The Morgan fingerprint density at radius 2 is 0.643 bits per heavy atom. The van der Waals surface area contributed by atoms with Gasteiger partial charge >= 0.3 is 0 Å². The van der Waals surface area contributed by atoms with E-state index in [2.05, 4.69) is 275 Å². The van der Waals surface area contributed by atoms with Crippen molar-refractivity contribution in [1.82, 2.24) is 9.13 Å². The second-order valence-corrected chi connectivity index (χ2v) is 18.8. The Morgan fingerprint density at radius 1 is 0.257 bits per heavy atom. The van der Waals surface area contributed by atoms with E-state index in [9.17, 15) is 0 Å². The summed E-state index contributed by atoms with van der Waals surface area (Å²) in [5.74, 6) is 0. The van der Waals surface area contributed by atoms with Crippen molar-refractivity contribution in [3.63, 3.8) is 0 Å². The fraction of sp³-hybridized carbons (Fsp3) is 0.0149. The van der Waals surface area contributed by atoms with Crippen molar-refractivity contribution in [3.05, 3.63) is 283 Å². The average Bonchev–Trinajstić information content (AvgIpc) is 4.14. The first kappa shape index (κ1) is 38.9. The fourth-order valence-electron chi connectivity index (χ4n) is 12.4. The first-order chi connectivity index (χ1) is 34.7. The molecule has 70 heavy (non-hydrogen) atoms. The van der Waals surface area contributed by atoms with Crippen LogP contribution < -0.4 is 4.90 Å². The van der Waals surface area contributed by atoms with Gasteiger partial charge in [0, 0.05) is 50.0 Å². The second-order valence-electron chi connectivity index (χ2n) is 18.8. The quantitative estimate of drug-likeness (QED) is 0.162. The number of fused-ring (bicyclic) bond motifs is 16. The van der Waals surface area contributed by atoms with E-state index in [1.807, 2.05) is 0 Å². The van der Waals surface area contributed by atoms with E-state index in [0.717, 1.165) is 39.5 Å². The fourth-order valence-corrected chi connectivity index (χ4v) is 12.4. The van der Waals surface area contributed by atoms with E-state index in [4.69, 9.17) is 0 Å². The van der Waals surface area contributed by atoms with E-state index in [0.29, 0.717) is 0 Å². The maximum absolute atomic E-state index is 2.44. The number of hydrogen-bond donors (Lipinski definition) is 0. The summed E-state index contributed by atoms with van der Waals surface area (Å²) >= 11 is 0. The molecule has 2 heterocycles. The zero-order valence-electron chi connectivity index (χ0n) is 38.2. The molecule has 2 aliphatic carbocycles. The van der Waals surface area contributed by atoms with Crippen LogP contribution in [0.5, 0.6) is 0 Å². The van der Waals surface area contributed by atoms with Gasteiger partial charge in [-0.2, -0.15) is 0 Å². The normalized spacial score (nSPS) is 13.0. The van der Waals surface area contributed by atoms with Crippen molar-refractivity contribution >= 4 is 60.7 Å². The number of nitrogens with zero attached hydrogens (tertiary/aromatic N) is 3. The van der Waals surface area contributed by atoms with Gasteiger partial charge in [0.2, 0.25) is 0 Å². The monoisotopic (exact) mass is 889 g/mol. The first-order valence-electron chi connectivity index (χ1n) is 24.3. The van der Waals surface area contributed by atoms with Gasteiger partial charge in [-0.25, -0.2) is 0 Å². The van der Waals surface area contributed by atoms with Crippen molar-refractivity contribution in [2.75, 3.05) is 4.90 Å². The number of benzene rings is 11. The molecule has 326 valence electrons. The van der Waals surface area contributed by atoms with Crippen molar-refractivity contribution < 1.29 is 0 Å². The zero-order chi connectivity index (χ0) is 45.9. The number of aromatic nitrogens is 2. The molecule has 0 aliphatic heterocycles. The molecule has 1 spiro atoms.